The molecule has 2 fully saturated rings. The Labute approximate surface area is 113 Å². The van der Waals surface area contributed by atoms with Gasteiger partial charge >= 0.3 is 0 Å². The third-order valence-electron chi connectivity index (χ3n) is 3.62. The van der Waals surface area contributed by atoms with Crippen molar-refractivity contribution >= 4 is 33.6 Å². The van der Waals surface area contributed by atoms with Gasteiger partial charge in [-0.25, -0.2) is 4.98 Å². The zero-order chi connectivity index (χ0) is 12.7. The molecule has 1 aromatic heterocycles. The van der Waals surface area contributed by atoms with E-state index in [1.807, 2.05) is 0 Å². The highest BCUT2D eigenvalue weighted by atomic mass is 79.9. The number of nitrogens with zero attached hydrogens (tertiary/aromatic N) is 3. The van der Waals surface area contributed by atoms with Crippen LogP contribution in [0.25, 0.3) is 0 Å². The van der Waals surface area contributed by atoms with E-state index in [0.29, 0.717) is 6.54 Å². The van der Waals surface area contributed by atoms with Crippen LogP contribution in [-0.4, -0.2) is 35.0 Å². The Morgan fingerprint density at radius 1 is 1.56 bits per heavy atom. The summed E-state index contributed by atoms with van der Waals surface area (Å²) in [6, 6.07) is 0.178. The molecule has 0 aromatic carbocycles. The summed E-state index contributed by atoms with van der Waals surface area (Å²) in [4.78, 5) is 22.1. The van der Waals surface area contributed by atoms with Crippen LogP contribution in [0.3, 0.4) is 0 Å². The molecule has 0 bridgehead atoms. The van der Waals surface area contributed by atoms with E-state index in [9.17, 15) is 4.79 Å². The van der Waals surface area contributed by atoms with E-state index in [2.05, 4.69) is 36.1 Å². The molecule has 7 heteroatoms. The zero-order valence-electron chi connectivity index (χ0n) is 9.77. The molecule has 2 saturated heterocycles. The number of hydrogen-bond acceptors (Lipinski definition) is 5. The number of piperidine rings is 1. The van der Waals surface area contributed by atoms with Crippen LogP contribution in [0.15, 0.2) is 10.7 Å². The molecule has 0 aliphatic carbocycles. The van der Waals surface area contributed by atoms with Crippen molar-refractivity contribution in [2.75, 3.05) is 23.7 Å². The molecule has 2 aliphatic heterocycles. The summed E-state index contributed by atoms with van der Waals surface area (Å²) >= 11 is 3.45. The fourth-order valence-electron chi connectivity index (χ4n) is 2.79. The van der Waals surface area contributed by atoms with Crippen molar-refractivity contribution in [3.05, 3.63) is 10.7 Å². The van der Waals surface area contributed by atoms with E-state index in [1.165, 1.54) is 0 Å². The Balaban J connectivity index is 1.95. The van der Waals surface area contributed by atoms with Crippen LogP contribution < -0.4 is 16.0 Å². The molecule has 3 rings (SSSR count). The summed E-state index contributed by atoms with van der Waals surface area (Å²) in [6.45, 7) is 1.57. The summed E-state index contributed by atoms with van der Waals surface area (Å²) in [6.07, 6.45) is 3.60. The fourth-order valence-corrected chi connectivity index (χ4v) is 3.21. The molecule has 2 aliphatic rings. The third-order valence-corrected chi connectivity index (χ3v) is 4.18. The fraction of sp³-hybridized carbons (Fsp3) is 0.545. The molecule has 2 atom stereocenters. The monoisotopic (exact) mass is 311 g/mol. The van der Waals surface area contributed by atoms with Crippen molar-refractivity contribution in [3.63, 3.8) is 0 Å². The summed E-state index contributed by atoms with van der Waals surface area (Å²) < 4.78 is 0.816. The van der Waals surface area contributed by atoms with E-state index in [4.69, 9.17) is 5.73 Å². The van der Waals surface area contributed by atoms with E-state index in [-0.39, 0.29) is 23.8 Å². The number of nitrogens with two attached hydrogens (primary N) is 1. The predicted molar refractivity (Wildman–Crippen MR) is 71.0 cm³/mol. The average molecular weight is 312 g/mol. The lowest BCUT2D eigenvalue weighted by Crippen LogP contribution is -2.46. The van der Waals surface area contributed by atoms with Crippen molar-refractivity contribution in [1.82, 2.24) is 15.3 Å². The van der Waals surface area contributed by atoms with Crippen LogP contribution in [0.1, 0.15) is 12.8 Å². The molecule has 6 nitrogen and oxygen atoms in total. The Kier molecular flexibility index (Phi) is 2.85. The number of rotatable bonds is 1. The predicted octanol–water partition coefficient (Wildman–Crippen LogP) is 0.536. The van der Waals surface area contributed by atoms with Gasteiger partial charge in [0.15, 0.2) is 0 Å². The van der Waals surface area contributed by atoms with Gasteiger partial charge in [0, 0.05) is 19.3 Å². The van der Waals surface area contributed by atoms with E-state index < -0.39 is 0 Å². The largest absolute Gasteiger partial charge is 0.368 e. The molecule has 3 heterocycles. The minimum absolute atomic E-state index is 0.0711. The second kappa shape index (κ2) is 4.38. The van der Waals surface area contributed by atoms with Gasteiger partial charge in [-0.2, -0.15) is 4.98 Å². The molecule has 1 aromatic rings. The molecule has 3 N–H and O–H groups in total. The molecule has 0 saturated carbocycles. The number of anilines is 2. The summed E-state index contributed by atoms with van der Waals surface area (Å²) in [7, 11) is 0. The second-order valence-corrected chi connectivity index (χ2v) is 5.51. The van der Waals surface area contributed by atoms with Gasteiger partial charge < -0.3 is 16.0 Å². The van der Waals surface area contributed by atoms with Crippen LogP contribution in [0.5, 0.6) is 0 Å². The van der Waals surface area contributed by atoms with Crippen LogP contribution in [0.2, 0.25) is 0 Å². The highest BCUT2D eigenvalue weighted by molar-refractivity contribution is 9.10. The van der Waals surface area contributed by atoms with Crippen molar-refractivity contribution in [2.24, 2.45) is 5.92 Å². The first kappa shape index (κ1) is 11.7. The SMILES string of the molecule is Nc1ncc(Br)c(N2CCCC3C(=O)NCC32)n1. The number of hydrogen-bond donors (Lipinski definition) is 2. The highest BCUT2D eigenvalue weighted by Gasteiger charge is 2.41. The van der Waals surface area contributed by atoms with Gasteiger partial charge in [-0.1, -0.05) is 0 Å². The van der Waals surface area contributed by atoms with Crippen LogP contribution >= 0.6 is 15.9 Å². The molecule has 18 heavy (non-hydrogen) atoms. The van der Waals surface area contributed by atoms with Crippen molar-refractivity contribution < 1.29 is 4.79 Å². The number of carbonyl (C=O) groups excluding carboxylic acids is 1. The number of amides is 1. The number of fused-ring (bicyclic) bond motifs is 1. The van der Waals surface area contributed by atoms with Gasteiger partial charge in [-0.05, 0) is 28.8 Å². The molecular formula is C11H14BrN5O. The third kappa shape index (κ3) is 1.82. The zero-order valence-corrected chi connectivity index (χ0v) is 11.4. The summed E-state index contributed by atoms with van der Waals surface area (Å²) in [5.74, 6) is 1.27. The molecule has 0 radical (unpaired) electrons. The van der Waals surface area contributed by atoms with Crippen LogP contribution in [0.4, 0.5) is 11.8 Å². The number of carbonyl (C=O) groups is 1. The molecular weight excluding hydrogens is 298 g/mol. The topological polar surface area (TPSA) is 84.1 Å². The number of aromatic nitrogens is 2. The highest BCUT2D eigenvalue weighted by Crippen LogP contribution is 2.34. The molecule has 2 unspecified atom stereocenters. The maximum Gasteiger partial charge on any atom is 0.225 e. The van der Waals surface area contributed by atoms with Crippen LogP contribution in [0, 0.1) is 5.92 Å². The Hall–Kier alpha value is -1.37. The second-order valence-electron chi connectivity index (χ2n) is 4.65. The minimum atomic E-state index is 0.0711. The first-order valence-electron chi connectivity index (χ1n) is 5.99. The Morgan fingerprint density at radius 3 is 3.22 bits per heavy atom. The Morgan fingerprint density at radius 2 is 2.39 bits per heavy atom. The lowest BCUT2D eigenvalue weighted by atomic mass is 9.91. The average Bonchev–Trinajstić information content (AvgIpc) is 2.75. The van der Waals surface area contributed by atoms with Gasteiger partial charge in [-0.3, -0.25) is 4.79 Å². The van der Waals surface area contributed by atoms with E-state index in [1.54, 1.807) is 6.20 Å². The van der Waals surface area contributed by atoms with Crippen molar-refractivity contribution in [3.8, 4) is 0 Å². The lowest BCUT2D eigenvalue weighted by Gasteiger charge is -2.37. The molecule has 96 valence electrons. The summed E-state index contributed by atoms with van der Waals surface area (Å²) in [5.41, 5.74) is 5.65. The van der Waals surface area contributed by atoms with Gasteiger partial charge in [0.25, 0.3) is 0 Å². The minimum Gasteiger partial charge on any atom is -0.368 e. The smallest absolute Gasteiger partial charge is 0.225 e. The normalized spacial score (nSPS) is 26.9. The maximum absolute atomic E-state index is 11.7. The van der Waals surface area contributed by atoms with Gasteiger partial charge in [0.2, 0.25) is 11.9 Å². The first-order chi connectivity index (χ1) is 8.66. The van der Waals surface area contributed by atoms with Crippen molar-refractivity contribution in [1.29, 1.82) is 0 Å². The number of nitrogen functional groups attached to an aromatic ring is 1. The van der Waals surface area contributed by atoms with Gasteiger partial charge in [0.05, 0.1) is 16.4 Å². The van der Waals surface area contributed by atoms with Crippen LogP contribution in [-0.2, 0) is 4.79 Å². The molecule has 0 spiro atoms. The molecule has 1 amide bonds. The standard InChI is InChI=1S/C11H14BrN5O/c12-7-4-15-11(13)16-9(7)17-3-1-2-6-8(17)5-14-10(6)18/h4,6,8H,1-3,5H2,(H,14,18)(H2,13,15,16). The number of halogens is 1. The lowest BCUT2D eigenvalue weighted by molar-refractivity contribution is -0.122. The maximum atomic E-state index is 11.7. The van der Waals surface area contributed by atoms with Crippen molar-refractivity contribution in [2.45, 2.75) is 18.9 Å². The summed E-state index contributed by atoms with van der Waals surface area (Å²) in [5, 5.41) is 2.92. The quantitative estimate of drug-likeness (QED) is 0.790. The first-order valence-corrected chi connectivity index (χ1v) is 6.78. The Bertz CT molecular complexity index is 494. The van der Waals surface area contributed by atoms with E-state index in [0.717, 1.165) is 29.7 Å². The van der Waals surface area contributed by atoms with E-state index >= 15 is 0 Å². The number of nitrogens with one attached hydrogen (secondary N) is 1. The van der Waals surface area contributed by atoms with Gasteiger partial charge in [-0.15, -0.1) is 0 Å². The van der Waals surface area contributed by atoms with Gasteiger partial charge in [0.1, 0.15) is 5.82 Å².